The minimum Gasteiger partial charge on any atom is -0.497 e. The first-order valence-corrected chi connectivity index (χ1v) is 11.5. The number of methoxy groups -OCH3 is 1. The van der Waals surface area contributed by atoms with Crippen LogP contribution < -0.4 is 14.2 Å². The van der Waals surface area contributed by atoms with Gasteiger partial charge in [0, 0.05) is 19.6 Å². The van der Waals surface area contributed by atoms with E-state index in [2.05, 4.69) is 41.3 Å². The zero-order valence-corrected chi connectivity index (χ0v) is 19.3. The fourth-order valence-corrected chi connectivity index (χ4v) is 4.82. The summed E-state index contributed by atoms with van der Waals surface area (Å²) in [6.45, 7) is 3.10. The molecule has 2 aliphatic rings. The number of carbonyl (C=O) groups is 1. The van der Waals surface area contributed by atoms with Gasteiger partial charge < -0.3 is 19.1 Å². The van der Waals surface area contributed by atoms with Crippen LogP contribution in [0.15, 0.2) is 54.6 Å². The molecule has 0 radical (unpaired) electrons. The van der Waals surface area contributed by atoms with Crippen LogP contribution in [-0.4, -0.2) is 56.2 Å². The molecule has 1 saturated heterocycles. The van der Waals surface area contributed by atoms with Crippen molar-refractivity contribution >= 4 is 16.7 Å². The smallest absolute Gasteiger partial charge is 0.236 e. The van der Waals surface area contributed by atoms with Crippen LogP contribution in [0.25, 0.3) is 10.8 Å². The molecule has 0 aliphatic carbocycles. The maximum atomic E-state index is 13.1. The minimum absolute atomic E-state index is 0.134. The molecule has 0 unspecified atom stereocenters. The van der Waals surface area contributed by atoms with Crippen molar-refractivity contribution in [2.24, 2.45) is 0 Å². The van der Waals surface area contributed by atoms with E-state index in [1.807, 2.05) is 30.1 Å². The molecule has 5 rings (SSSR count). The van der Waals surface area contributed by atoms with Gasteiger partial charge >= 0.3 is 0 Å². The topological polar surface area (TPSA) is 51.2 Å². The lowest BCUT2D eigenvalue weighted by Gasteiger charge is -2.28. The Morgan fingerprint density at radius 1 is 1.03 bits per heavy atom. The molecule has 0 saturated carbocycles. The van der Waals surface area contributed by atoms with Gasteiger partial charge in [0.25, 0.3) is 0 Å². The Kier molecular flexibility index (Phi) is 6.09. The lowest BCUT2D eigenvalue weighted by atomic mass is 10.0. The lowest BCUT2D eigenvalue weighted by molar-refractivity contribution is -0.131. The second-order valence-electron chi connectivity index (χ2n) is 8.83. The number of fused-ring (bicyclic) bond motifs is 2. The molecular formula is C27H30N2O4. The highest BCUT2D eigenvalue weighted by molar-refractivity contribution is 5.84. The summed E-state index contributed by atoms with van der Waals surface area (Å²) < 4.78 is 16.7. The van der Waals surface area contributed by atoms with E-state index in [9.17, 15) is 4.79 Å². The second-order valence-corrected chi connectivity index (χ2v) is 8.83. The van der Waals surface area contributed by atoms with Crippen molar-refractivity contribution in [1.82, 2.24) is 9.80 Å². The predicted octanol–water partition coefficient (Wildman–Crippen LogP) is 4.42. The Morgan fingerprint density at radius 3 is 2.67 bits per heavy atom. The summed E-state index contributed by atoms with van der Waals surface area (Å²) in [7, 11) is 3.56. The summed E-state index contributed by atoms with van der Waals surface area (Å²) in [5.41, 5.74) is 2.31. The highest BCUT2D eigenvalue weighted by Gasteiger charge is 2.29. The molecule has 0 bridgehead atoms. The van der Waals surface area contributed by atoms with Crippen molar-refractivity contribution in [2.75, 3.05) is 40.5 Å². The van der Waals surface area contributed by atoms with Crippen LogP contribution >= 0.6 is 0 Å². The van der Waals surface area contributed by atoms with Crippen LogP contribution in [0.5, 0.6) is 17.2 Å². The van der Waals surface area contributed by atoms with Gasteiger partial charge in [0.15, 0.2) is 11.5 Å². The largest absolute Gasteiger partial charge is 0.497 e. The fourth-order valence-electron chi connectivity index (χ4n) is 4.82. The van der Waals surface area contributed by atoms with Crippen molar-refractivity contribution in [3.05, 3.63) is 65.7 Å². The van der Waals surface area contributed by atoms with Gasteiger partial charge in [-0.05, 0) is 71.6 Å². The third kappa shape index (κ3) is 4.62. The maximum Gasteiger partial charge on any atom is 0.236 e. The van der Waals surface area contributed by atoms with Crippen molar-refractivity contribution in [1.29, 1.82) is 0 Å². The van der Waals surface area contributed by atoms with Crippen LogP contribution in [-0.2, 0) is 11.3 Å². The average molecular weight is 447 g/mol. The van der Waals surface area contributed by atoms with Crippen molar-refractivity contribution in [2.45, 2.75) is 25.4 Å². The molecule has 2 aliphatic heterocycles. The Morgan fingerprint density at radius 2 is 1.82 bits per heavy atom. The molecule has 172 valence electrons. The molecule has 6 nitrogen and oxygen atoms in total. The number of likely N-dealkylation sites (tertiary alicyclic amines) is 1. The van der Waals surface area contributed by atoms with E-state index in [0.717, 1.165) is 53.0 Å². The standard InChI is InChI=1S/C27H30N2O4/c1-28(17-19-5-6-21-15-23(31-2)9-7-20(21)14-19)27(30)18-29-11-3-4-24(29)22-8-10-25-26(16-22)33-13-12-32-25/h5-10,14-16,24H,3-4,11-13,17-18H2,1-2H3/t24-/m0/s1. The summed E-state index contributed by atoms with van der Waals surface area (Å²) >= 11 is 0. The number of benzene rings is 3. The van der Waals surface area contributed by atoms with Gasteiger partial charge in [0.1, 0.15) is 19.0 Å². The predicted molar refractivity (Wildman–Crippen MR) is 128 cm³/mol. The Balaban J connectivity index is 1.24. The first-order valence-electron chi connectivity index (χ1n) is 11.5. The Bertz CT molecular complexity index is 1160. The summed E-state index contributed by atoms with van der Waals surface area (Å²) in [5, 5.41) is 2.28. The monoisotopic (exact) mass is 446 g/mol. The van der Waals surface area contributed by atoms with Crippen molar-refractivity contribution in [3.63, 3.8) is 0 Å². The number of hydrogen-bond donors (Lipinski definition) is 0. The molecule has 1 fully saturated rings. The van der Waals surface area contributed by atoms with Crippen molar-refractivity contribution < 1.29 is 19.0 Å². The van der Waals surface area contributed by atoms with Crippen LogP contribution in [0.3, 0.4) is 0 Å². The molecule has 1 atom stereocenters. The van der Waals surface area contributed by atoms with Crippen LogP contribution in [0.4, 0.5) is 0 Å². The summed E-state index contributed by atoms with van der Waals surface area (Å²) in [6, 6.07) is 18.8. The van der Waals surface area contributed by atoms with E-state index in [1.54, 1.807) is 7.11 Å². The summed E-state index contributed by atoms with van der Waals surface area (Å²) in [4.78, 5) is 17.2. The maximum absolute atomic E-state index is 13.1. The van der Waals surface area contributed by atoms with E-state index in [4.69, 9.17) is 14.2 Å². The first-order chi connectivity index (χ1) is 16.1. The zero-order valence-electron chi connectivity index (χ0n) is 19.3. The van der Waals surface area contributed by atoms with Gasteiger partial charge in [-0.2, -0.15) is 0 Å². The first kappa shape index (κ1) is 21.6. The van der Waals surface area contributed by atoms with Gasteiger partial charge in [-0.15, -0.1) is 0 Å². The van der Waals surface area contributed by atoms with E-state index in [1.165, 1.54) is 5.56 Å². The van der Waals surface area contributed by atoms with Gasteiger partial charge in [-0.25, -0.2) is 0 Å². The van der Waals surface area contributed by atoms with E-state index < -0.39 is 0 Å². The van der Waals surface area contributed by atoms with Gasteiger partial charge in [0.05, 0.1) is 13.7 Å². The molecular weight excluding hydrogens is 416 g/mol. The number of likely N-dealkylation sites (N-methyl/N-ethyl adjacent to an activating group) is 1. The molecule has 0 spiro atoms. The van der Waals surface area contributed by atoms with Crippen LogP contribution in [0.2, 0.25) is 0 Å². The van der Waals surface area contributed by atoms with Gasteiger partial charge in [-0.3, -0.25) is 9.69 Å². The molecule has 2 heterocycles. The molecule has 3 aromatic rings. The second kappa shape index (κ2) is 9.32. The fraction of sp³-hybridized carbons (Fsp3) is 0.370. The number of carbonyl (C=O) groups excluding carboxylic acids is 1. The summed E-state index contributed by atoms with van der Waals surface area (Å²) in [6.07, 6.45) is 2.13. The summed E-state index contributed by atoms with van der Waals surface area (Å²) in [5.74, 6) is 2.59. The molecule has 33 heavy (non-hydrogen) atoms. The third-order valence-corrected chi connectivity index (χ3v) is 6.61. The van der Waals surface area contributed by atoms with Crippen molar-refractivity contribution in [3.8, 4) is 17.2 Å². The number of nitrogens with zero attached hydrogens (tertiary/aromatic N) is 2. The average Bonchev–Trinajstić information content (AvgIpc) is 3.31. The van der Waals surface area contributed by atoms with Crippen LogP contribution in [0, 0.1) is 0 Å². The molecule has 0 aromatic heterocycles. The lowest BCUT2D eigenvalue weighted by Crippen LogP contribution is -2.37. The Labute approximate surface area is 194 Å². The minimum atomic E-state index is 0.134. The normalized spacial score (nSPS) is 17.8. The molecule has 6 heteroatoms. The quantitative estimate of drug-likeness (QED) is 0.561. The number of amides is 1. The number of ether oxygens (including phenoxy) is 3. The zero-order chi connectivity index (χ0) is 22.8. The Hall–Kier alpha value is -3.25. The molecule has 3 aromatic carbocycles. The molecule has 1 amide bonds. The number of rotatable bonds is 6. The van der Waals surface area contributed by atoms with Gasteiger partial charge in [0.2, 0.25) is 5.91 Å². The third-order valence-electron chi connectivity index (χ3n) is 6.61. The van der Waals surface area contributed by atoms with Gasteiger partial charge in [-0.1, -0.05) is 24.3 Å². The highest BCUT2D eigenvalue weighted by atomic mass is 16.6. The van der Waals surface area contributed by atoms with E-state index in [0.29, 0.717) is 26.3 Å². The van der Waals surface area contributed by atoms with Crippen LogP contribution in [0.1, 0.15) is 30.0 Å². The highest BCUT2D eigenvalue weighted by Crippen LogP contribution is 2.38. The van der Waals surface area contributed by atoms with E-state index >= 15 is 0 Å². The SMILES string of the molecule is COc1ccc2cc(CN(C)C(=O)CN3CCC[C@H]3c3ccc4c(c3)OCCO4)ccc2c1. The molecule has 0 N–H and O–H groups in total. The number of hydrogen-bond acceptors (Lipinski definition) is 5. The van der Waals surface area contributed by atoms with E-state index in [-0.39, 0.29) is 11.9 Å².